The second-order valence-electron chi connectivity index (χ2n) is 4.93. The van der Waals surface area contributed by atoms with Crippen LogP contribution >= 0.6 is 0 Å². The maximum atomic E-state index is 13.5. The highest BCUT2D eigenvalue weighted by molar-refractivity contribution is 6.04. The molecule has 110 valence electrons. The van der Waals surface area contributed by atoms with Crippen molar-refractivity contribution >= 4 is 11.6 Å². The van der Waals surface area contributed by atoms with Gasteiger partial charge in [-0.25, -0.2) is 9.37 Å². The largest absolute Gasteiger partial charge is 0.322 e. The minimum atomic E-state index is -0.340. The Labute approximate surface area is 127 Å². The number of nitrogens with zero attached hydrogens (tertiary/aromatic N) is 2. The number of amides is 1. The van der Waals surface area contributed by atoms with Gasteiger partial charge in [-0.2, -0.15) is 0 Å². The van der Waals surface area contributed by atoms with Gasteiger partial charge in [0.15, 0.2) is 0 Å². The Morgan fingerprint density at radius 3 is 2.59 bits per heavy atom. The van der Waals surface area contributed by atoms with E-state index in [0.29, 0.717) is 16.8 Å². The number of hydrogen-bond donors (Lipinski definition) is 1. The third-order valence-electron chi connectivity index (χ3n) is 3.36. The molecule has 5 heteroatoms. The molecule has 2 aromatic carbocycles. The maximum absolute atomic E-state index is 13.5. The van der Waals surface area contributed by atoms with E-state index >= 15 is 0 Å². The van der Waals surface area contributed by atoms with Crippen LogP contribution in [0.25, 0.3) is 5.69 Å². The molecule has 0 bridgehead atoms. The molecule has 1 N–H and O–H groups in total. The Kier molecular flexibility index (Phi) is 3.70. The van der Waals surface area contributed by atoms with Crippen molar-refractivity contribution in [2.75, 3.05) is 5.32 Å². The molecule has 3 aromatic rings. The summed E-state index contributed by atoms with van der Waals surface area (Å²) < 4.78 is 15.3. The fourth-order valence-electron chi connectivity index (χ4n) is 2.07. The fourth-order valence-corrected chi connectivity index (χ4v) is 2.07. The molecule has 1 heterocycles. The van der Waals surface area contributed by atoms with E-state index in [1.807, 2.05) is 22.9 Å². The predicted molar refractivity (Wildman–Crippen MR) is 82.7 cm³/mol. The monoisotopic (exact) mass is 295 g/mol. The van der Waals surface area contributed by atoms with E-state index in [1.165, 1.54) is 6.07 Å². The first-order valence-electron chi connectivity index (χ1n) is 6.79. The molecule has 22 heavy (non-hydrogen) atoms. The van der Waals surface area contributed by atoms with Crippen LogP contribution in [0.3, 0.4) is 0 Å². The molecule has 0 aliphatic rings. The Hall–Kier alpha value is -2.95. The lowest BCUT2D eigenvalue weighted by Gasteiger charge is -2.07. The smallest absolute Gasteiger partial charge is 0.255 e. The summed E-state index contributed by atoms with van der Waals surface area (Å²) in [6.45, 7) is 1.68. The van der Waals surface area contributed by atoms with Crippen molar-refractivity contribution in [2.45, 2.75) is 6.92 Å². The van der Waals surface area contributed by atoms with Gasteiger partial charge in [0.1, 0.15) is 5.82 Å². The molecule has 1 aromatic heterocycles. The maximum Gasteiger partial charge on any atom is 0.255 e. The minimum Gasteiger partial charge on any atom is -0.322 e. The molecule has 1 amide bonds. The van der Waals surface area contributed by atoms with E-state index in [-0.39, 0.29) is 11.7 Å². The van der Waals surface area contributed by atoms with Gasteiger partial charge in [0.25, 0.3) is 5.91 Å². The van der Waals surface area contributed by atoms with Gasteiger partial charge in [0.2, 0.25) is 0 Å². The summed E-state index contributed by atoms with van der Waals surface area (Å²) in [5.74, 6) is -0.617. The molecular formula is C17H14FN3O. The topological polar surface area (TPSA) is 46.9 Å². The number of carbonyl (C=O) groups is 1. The zero-order valence-electron chi connectivity index (χ0n) is 12.0. The van der Waals surface area contributed by atoms with Crippen LogP contribution < -0.4 is 5.32 Å². The summed E-state index contributed by atoms with van der Waals surface area (Å²) in [6, 6.07) is 11.7. The number of nitrogens with one attached hydrogen (secondary N) is 1. The normalized spacial score (nSPS) is 10.5. The highest BCUT2D eigenvalue weighted by Crippen LogP contribution is 2.15. The van der Waals surface area contributed by atoms with Crippen molar-refractivity contribution in [1.29, 1.82) is 0 Å². The van der Waals surface area contributed by atoms with E-state index in [1.54, 1.807) is 43.7 Å². The standard InChI is InChI=1S/C17H14FN3O/c1-12-2-5-14(10-16(12)18)20-17(22)13-3-6-15(7-4-13)21-9-8-19-11-21/h2-11H,1H3,(H,20,22). The second-order valence-corrected chi connectivity index (χ2v) is 4.93. The highest BCUT2D eigenvalue weighted by atomic mass is 19.1. The number of rotatable bonds is 3. The third-order valence-corrected chi connectivity index (χ3v) is 3.36. The number of carbonyl (C=O) groups excluding carboxylic acids is 1. The highest BCUT2D eigenvalue weighted by Gasteiger charge is 2.07. The molecule has 0 saturated heterocycles. The Bertz CT molecular complexity index is 795. The quantitative estimate of drug-likeness (QED) is 0.803. The third kappa shape index (κ3) is 2.88. The molecule has 0 unspecified atom stereocenters. The molecule has 0 spiro atoms. The number of aromatic nitrogens is 2. The summed E-state index contributed by atoms with van der Waals surface area (Å²) in [5.41, 5.74) is 2.40. The van der Waals surface area contributed by atoms with Crippen molar-refractivity contribution in [2.24, 2.45) is 0 Å². The molecule has 0 fully saturated rings. The number of imidazole rings is 1. The molecule has 0 radical (unpaired) electrons. The zero-order chi connectivity index (χ0) is 15.5. The number of halogens is 1. The van der Waals surface area contributed by atoms with E-state index < -0.39 is 0 Å². The average molecular weight is 295 g/mol. The number of aryl methyl sites for hydroxylation is 1. The van der Waals surface area contributed by atoms with E-state index in [4.69, 9.17) is 0 Å². The molecule has 0 aliphatic heterocycles. The van der Waals surface area contributed by atoms with Gasteiger partial charge in [-0.3, -0.25) is 4.79 Å². The molecule has 0 aliphatic carbocycles. The van der Waals surface area contributed by atoms with Crippen LogP contribution in [0.1, 0.15) is 15.9 Å². The summed E-state index contributed by atoms with van der Waals surface area (Å²) in [5, 5.41) is 2.68. The SMILES string of the molecule is Cc1ccc(NC(=O)c2ccc(-n3ccnc3)cc2)cc1F. The van der Waals surface area contributed by atoms with Crippen LogP contribution in [0, 0.1) is 12.7 Å². The Morgan fingerprint density at radius 2 is 1.95 bits per heavy atom. The van der Waals surface area contributed by atoms with Gasteiger partial charge in [0, 0.05) is 29.3 Å². The summed E-state index contributed by atoms with van der Waals surface area (Å²) in [6.07, 6.45) is 5.20. The Morgan fingerprint density at radius 1 is 1.18 bits per heavy atom. The van der Waals surface area contributed by atoms with Crippen molar-refractivity contribution in [3.8, 4) is 5.69 Å². The average Bonchev–Trinajstić information content (AvgIpc) is 3.05. The van der Waals surface area contributed by atoms with Crippen LogP contribution in [-0.2, 0) is 0 Å². The van der Waals surface area contributed by atoms with Gasteiger partial charge >= 0.3 is 0 Å². The summed E-state index contributed by atoms with van der Waals surface area (Å²) >= 11 is 0. The van der Waals surface area contributed by atoms with E-state index in [2.05, 4.69) is 10.3 Å². The molecular weight excluding hydrogens is 281 g/mol. The van der Waals surface area contributed by atoms with Crippen molar-refractivity contribution in [1.82, 2.24) is 9.55 Å². The molecule has 3 rings (SSSR count). The van der Waals surface area contributed by atoms with Crippen LogP contribution in [-0.4, -0.2) is 15.5 Å². The zero-order valence-corrected chi connectivity index (χ0v) is 12.0. The Balaban J connectivity index is 1.76. The molecule has 0 atom stereocenters. The van der Waals surface area contributed by atoms with Gasteiger partial charge in [0.05, 0.1) is 6.33 Å². The summed E-state index contributed by atoms with van der Waals surface area (Å²) in [4.78, 5) is 16.1. The van der Waals surface area contributed by atoms with Crippen LogP contribution in [0.2, 0.25) is 0 Å². The van der Waals surface area contributed by atoms with Gasteiger partial charge in [-0.15, -0.1) is 0 Å². The first-order valence-corrected chi connectivity index (χ1v) is 6.79. The lowest BCUT2D eigenvalue weighted by atomic mass is 10.1. The predicted octanol–water partition coefficient (Wildman–Crippen LogP) is 3.57. The van der Waals surface area contributed by atoms with Gasteiger partial charge in [-0.05, 0) is 48.9 Å². The van der Waals surface area contributed by atoms with Crippen molar-refractivity contribution < 1.29 is 9.18 Å². The van der Waals surface area contributed by atoms with Crippen molar-refractivity contribution in [3.63, 3.8) is 0 Å². The fraction of sp³-hybridized carbons (Fsp3) is 0.0588. The van der Waals surface area contributed by atoms with Crippen LogP contribution in [0.15, 0.2) is 61.2 Å². The van der Waals surface area contributed by atoms with Crippen LogP contribution in [0.4, 0.5) is 10.1 Å². The second kappa shape index (κ2) is 5.81. The number of hydrogen-bond acceptors (Lipinski definition) is 2. The van der Waals surface area contributed by atoms with E-state index in [9.17, 15) is 9.18 Å². The number of anilines is 1. The van der Waals surface area contributed by atoms with Crippen LogP contribution in [0.5, 0.6) is 0 Å². The van der Waals surface area contributed by atoms with Crippen molar-refractivity contribution in [3.05, 3.63) is 78.1 Å². The first-order chi connectivity index (χ1) is 10.6. The van der Waals surface area contributed by atoms with E-state index in [0.717, 1.165) is 5.69 Å². The molecule has 0 saturated carbocycles. The lowest BCUT2D eigenvalue weighted by molar-refractivity contribution is 0.102. The molecule has 4 nitrogen and oxygen atoms in total. The van der Waals surface area contributed by atoms with Gasteiger partial charge < -0.3 is 9.88 Å². The first kappa shape index (κ1) is 14.0. The van der Waals surface area contributed by atoms with Gasteiger partial charge in [-0.1, -0.05) is 6.07 Å². The lowest BCUT2D eigenvalue weighted by Crippen LogP contribution is -2.12. The summed E-state index contributed by atoms with van der Waals surface area (Å²) in [7, 11) is 0. The minimum absolute atomic E-state index is 0.277. The number of benzene rings is 2.